The van der Waals surface area contributed by atoms with Gasteiger partial charge in [0.05, 0.1) is 6.61 Å². The van der Waals surface area contributed by atoms with Gasteiger partial charge in [0.1, 0.15) is 5.54 Å². The van der Waals surface area contributed by atoms with Crippen LogP contribution in [0.2, 0.25) is 0 Å². The molecule has 4 heteroatoms. The van der Waals surface area contributed by atoms with Crippen LogP contribution >= 0.6 is 0 Å². The lowest BCUT2D eigenvalue weighted by Crippen LogP contribution is -2.49. The molecule has 0 spiro atoms. The van der Waals surface area contributed by atoms with Crippen molar-refractivity contribution in [1.82, 2.24) is 5.32 Å². The Hall–Kier alpha value is -1.32. The number of hydrogen-bond acceptors (Lipinski definition) is 3. The van der Waals surface area contributed by atoms with E-state index in [0.29, 0.717) is 25.9 Å². The van der Waals surface area contributed by atoms with E-state index in [4.69, 9.17) is 4.74 Å². The van der Waals surface area contributed by atoms with Crippen molar-refractivity contribution >= 4 is 11.9 Å². The zero-order chi connectivity index (χ0) is 10.6. The molecule has 0 aromatic carbocycles. The minimum absolute atomic E-state index is 0.0973. The fourth-order valence-corrected chi connectivity index (χ4v) is 1.62. The van der Waals surface area contributed by atoms with Crippen molar-refractivity contribution in [2.75, 3.05) is 6.61 Å². The topological polar surface area (TPSA) is 55.4 Å². The second-order valence-corrected chi connectivity index (χ2v) is 3.34. The van der Waals surface area contributed by atoms with E-state index in [9.17, 15) is 9.59 Å². The van der Waals surface area contributed by atoms with Gasteiger partial charge in [-0.15, -0.1) is 6.58 Å². The van der Waals surface area contributed by atoms with E-state index in [1.807, 2.05) is 0 Å². The Bertz CT molecular complexity index is 262. The first-order valence-corrected chi connectivity index (χ1v) is 4.74. The average molecular weight is 197 g/mol. The number of carbonyl (C=O) groups is 2. The fraction of sp³-hybridized carbons (Fsp3) is 0.600. The van der Waals surface area contributed by atoms with Crippen molar-refractivity contribution in [2.45, 2.75) is 31.7 Å². The number of amides is 1. The van der Waals surface area contributed by atoms with Gasteiger partial charge in [0, 0.05) is 6.42 Å². The first-order valence-electron chi connectivity index (χ1n) is 4.74. The Balaban J connectivity index is 2.76. The second-order valence-electron chi connectivity index (χ2n) is 3.34. The SMILES string of the molecule is C=CCC1(C(=O)OCC)CCC(=O)N1. The molecule has 1 fully saturated rings. The molecule has 14 heavy (non-hydrogen) atoms. The molecule has 4 nitrogen and oxygen atoms in total. The van der Waals surface area contributed by atoms with E-state index in [1.165, 1.54) is 0 Å². The van der Waals surface area contributed by atoms with Crippen LogP contribution in [0, 0.1) is 0 Å². The summed E-state index contributed by atoms with van der Waals surface area (Å²) in [5, 5.41) is 2.67. The maximum atomic E-state index is 11.6. The van der Waals surface area contributed by atoms with Crippen LogP contribution in [0.3, 0.4) is 0 Å². The molecule has 1 N–H and O–H groups in total. The van der Waals surface area contributed by atoms with Gasteiger partial charge >= 0.3 is 5.97 Å². The van der Waals surface area contributed by atoms with Gasteiger partial charge in [0.15, 0.2) is 0 Å². The number of esters is 1. The van der Waals surface area contributed by atoms with Gasteiger partial charge in [-0.1, -0.05) is 6.08 Å². The number of nitrogens with one attached hydrogen (secondary N) is 1. The van der Waals surface area contributed by atoms with Gasteiger partial charge in [-0.2, -0.15) is 0 Å². The first kappa shape index (κ1) is 10.8. The lowest BCUT2D eigenvalue weighted by molar-refractivity contribution is -0.151. The highest BCUT2D eigenvalue weighted by molar-refractivity contribution is 5.91. The number of ether oxygens (including phenoxy) is 1. The van der Waals surface area contributed by atoms with Crippen LogP contribution in [0.5, 0.6) is 0 Å². The molecule has 1 atom stereocenters. The molecule has 1 amide bonds. The zero-order valence-electron chi connectivity index (χ0n) is 8.34. The minimum atomic E-state index is -0.852. The summed E-state index contributed by atoms with van der Waals surface area (Å²) < 4.78 is 4.93. The molecule has 0 aromatic heterocycles. The third-order valence-electron chi connectivity index (χ3n) is 2.32. The number of carbonyl (C=O) groups excluding carboxylic acids is 2. The molecule has 1 rings (SSSR count). The largest absolute Gasteiger partial charge is 0.464 e. The van der Waals surface area contributed by atoms with Crippen molar-refractivity contribution < 1.29 is 14.3 Å². The van der Waals surface area contributed by atoms with Gasteiger partial charge in [-0.05, 0) is 19.8 Å². The predicted octanol–water partition coefficient (Wildman–Crippen LogP) is 0.774. The summed E-state index contributed by atoms with van der Waals surface area (Å²) in [5.74, 6) is -0.453. The van der Waals surface area contributed by atoms with Crippen molar-refractivity contribution in [3.63, 3.8) is 0 Å². The molecule has 1 aliphatic heterocycles. The van der Waals surface area contributed by atoms with Crippen LogP contribution in [0.1, 0.15) is 26.2 Å². The second kappa shape index (κ2) is 4.26. The van der Waals surface area contributed by atoms with Crippen LogP contribution < -0.4 is 5.32 Å². The Morgan fingerprint density at radius 1 is 1.79 bits per heavy atom. The average Bonchev–Trinajstić information content (AvgIpc) is 2.50. The molecule has 78 valence electrons. The molecule has 0 aliphatic carbocycles. The van der Waals surface area contributed by atoms with Crippen molar-refractivity contribution in [3.8, 4) is 0 Å². The molecule has 0 saturated carbocycles. The molecule has 1 aliphatic rings. The molecule has 0 bridgehead atoms. The van der Waals surface area contributed by atoms with E-state index in [-0.39, 0.29) is 11.9 Å². The highest BCUT2D eigenvalue weighted by Gasteiger charge is 2.44. The number of rotatable bonds is 4. The molecular formula is C10H15NO3. The highest BCUT2D eigenvalue weighted by atomic mass is 16.5. The van der Waals surface area contributed by atoms with Crippen LogP contribution in [0.25, 0.3) is 0 Å². The van der Waals surface area contributed by atoms with Crippen LogP contribution in [-0.4, -0.2) is 24.0 Å². The van der Waals surface area contributed by atoms with Crippen molar-refractivity contribution in [2.24, 2.45) is 0 Å². The molecule has 0 aromatic rings. The highest BCUT2D eigenvalue weighted by Crippen LogP contribution is 2.25. The normalized spacial score (nSPS) is 25.6. The predicted molar refractivity (Wildman–Crippen MR) is 51.6 cm³/mol. The minimum Gasteiger partial charge on any atom is -0.464 e. The van der Waals surface area contributed by atoms with Crippen molar-refractivity contribution in [1.29, 1.82) is 0 Å². The Labute approximate surface area is 83.3 Å². The van der Waals surface area contributed by atoms with E-state index >= 15 is 0 Å². The van der Waals surface area contributed by atoms with Crippen molar-refractivity contribution in [3.05, 3.63) is 12.7 Å². The molecular weight excluding hydrogens is 182 g/mol. The summed E-state index contributed by atoms with van der Waals surface area (Å²) in [7, 11) is 0. The molecule has 0 radical (unpaired) electrons. The summed E-state index contributed by atoms with van der Waals surface area (Å²) in [5.41, 5.74) is -0.852. The lowest BCUT2D eigenvalue weighted by Gasteiger charge is -2.24. The summed E-state index contributed by atoms with van der Waals surface area (Å²) in [6.07, 6.45) is 2.93. The van der Waals surface area contributed by atoms with E-state index in [2.05, 4.69) is 11.9 Å². The monoisotopic (exact) mass is 197 g/mol. The zero-order valence-corrected chi connectivity index (χ0v) is 8.34. The summed E-state index contributed by atoms with van der Waals surface area (Å²) in [4.78, 5) is 22.7. The van der Waals surface area contributed by atoms with E-state index in [1.54, 1.807) is 13.0 Å². The Kier molecular flexibility index (Phi) is 3.28. The maximum absolute atomic E-state index is 11.6. The third kappa shape index (κ3) is 1.95. The van der Waals surface area contributed by atoms with Gasteiger partial charge < -0.3 is 10.1 Å². The summed E-state index contributed by atoms with van der Waals surface area (Å²) in [6.45, 7) is 5.65. The van der Waals surface area contributed by atoms with Crippen LogP contribution in [0.4, 0.5) is 0 Å². The van der Waals surface area contributed by atoms with Gasteiger partial charge in [0.2, 0.25) is 5.91 Å². The Morgan fingerprint density at radius 2 is 2.50 bits per heavy atom. The number of hydrogen-bond donors (Lipinski definition) is 1. The van der Waals surface area contributed by atoms with E-state index in [0.717, 1.165) is 0 Å². The maximum Gasteiger partial charge on any atom is 0.332 e. The molecule has 1 unspecified atom stereocenters. The first-order chi connectivity index (χ1) is 6.64. The van der Waals surface area contributed by atoms with Gasteiger partial charge in [-0.25, -0.2) is 4.79 Å². The molecule has 1 saturated heterocycles. The smallest absolute Gasteiger partial charge is 0.332 e. The van der Waals surface area contributed by atoms with Crippen LogP contribution in [-0.2, 0) is 14.3 Å². The molecule has 1 heterocycles. The third-order valence-corrected chi connectivity index (χ3v) is 2.32. The summed E-state index contributed by atoms with van der Waals surface area (Å²) >= 11 is 0. The summed E-state index contributed by atoms with van der Waals surface area (Å²) in [6, 6.07) is 0. The fourth-order valence-electron chi connectivity index (χ4n) is 1.62. The van der Waals surface area contributed by atoms with Crippen LogP contribution in [0.15, 0.2) is 12.7 Å². The van der Waals surface area contributed by atoms with Gasteiger partial charge in [-0.3, -0.25) is 4.79 Å². The Morgan fingerprint density at radius 3 is 2.93 bits per heavy atom. The quantitative estimate of drug-likeness (QED) is 0.535. The standard InChI is InChI=1S/C10H15NO3/c1-3-6-10(9(13)14-4-2)7-5-8(12)11-10/h3H,1,4-7H2,2H3,(H,11,12). The lowest BCUT2D eigenvalue weighted by atomic mass is 9.93. The van der Waals surface area contributed by atoms with E-state index < -0.39 is 5.54 Å². The van der Waals surface area contributed by atoms with Gasteiger partial charge in [0.25, 0.3) is 0 Å².